The number of rotatable bonds is 12. The molecule has 202 valence electrons. The van der Waals surface area contributed by atoms with E-state index in [4.69, 9.17) is 14.2 Å². The number of phenols is 1. The predicted molar refractivity (Wildman–Crippen MR) is 143 cm³/mol. The highest BCUT2D eigenvalue weighted by Gasteiger charge is 2.40. The number of aliphatic carboxylic acids is 1. The van der Waals surface area contributed by atoms with Gasteiger partial charge in [-0.3, -0.25) is 4.79 Å². The lowest BCUT2D eigenvalue weighted by Gasteiger charge is -2.35. The maximum Gasteiger partial charge on any atom is 0.347 e. The van der Waals surface area contributed by atoms with Crippen molar-refractivity contribution in [3.63, 3.8) is 0 Å². The van der Waals surface area contributed by atoms with Gasteiger partial charge in [0.25, 0.3) is 0 Å². The van der Waals surface area contributed by atoms with Gasteiger partial charge in [-0.2, -0.15) is 0 Å². The van der Waals surface area contributed by atoms with Gasteiger partial charge in [-0.25, -0.2) is 4.79 Å². The van der Waals surface area contributed by atoms with Crippen molar-refractivity contribution in [3.8, 4) is 23.0 Å². The maximum atomic E-state index is 11.7. The van der Waals surface area contributed by atoms with E-state index in [1.807, 2.05) is 27.7 Å². The number of ketones is 1. The van der Waals surface area contributed by atoms with Crippen LogP contribution < -0.4 is 14.2 Å². The lowest BCUT2D eigenvalue weighted by Crippen LogP contribution is -2.44. The van der Waals surface area contributed by atoms with Crippen molar-refractivity contribution in [2.45, 2.75) is 92.1 Å². The molecule has 3 rings (SSSR count). The summed E-state index contributed by atoms with van der Waals surface area (Å²) in [5, 5.41) is 20.1. The van der Waals surface area contributed by atoms with Gasteiger partial charge in [0.15, 0.2) is 5.78 Å². The molecule has 0 saturated heterocycles. The highest BCUT2D eigenvalue weighted by atomic mass is 16.5. The average Bonchev–Trinajstić information content (AvgIpc) is 2.85. The SMILES string of the molecule is CCCc1c(OCCCCCOc2c(C)c(C)c3c(c2C)CC[C@@](C)(C(=O)O)O3)ccc(C(C)=O)c1O. The van der Waals surface area contributed by atoms with Gasteiger partial charge in [0, 0.05) is 17.5 Å². The highest BCUT2D eigenvalue weighted by Crippen LogP contribution is 2.44. The molecule has 0 aromatic heterocycles. The summed E-state index contributed by atoms with van der Waals surface area (Å²) in [6.07, 6.45) is 5.18. The Labute approximate surface area is 219 Å². The van der Waals surface area contributed by atoms with Crippen LogP contribution in [0.25, 0.3) is 0 Å². The van der Waals surface area contributed by atoms with Crippen LogP contribution >= 0.6 is 0 Å². The normalized spacial score (nSPS) is 16.6. The summed E-state index contributed by atoms with van der Waals surface area (Å²) in [7, 11) is 0. The Morgan fingerprint density at radius 1 is 1.03 bits per heavy atom. The summed E-state index contributed by atoms with van der Waals surface area (Å²) in [6, 6.07) is 3.40. The molecule has 2 N–H and O–H groups in total. The fourth-order valence-corrected chi connectivity index (χ4v) is 4.87. The number of unbranched alkanes of at least 4 members (excludes halogenated alkanes) is 2. The van der Waals surface area contributed by atoms with Crippen LogP contribution in [0.5, 0.6) is 23.0 Å². The standard InChI is InChI=1S/C30H40O7/c1-7-11-24-25(13-12-23(21(5)31)26(24)32)35-16-9-8-10-17-36-27-18(2)19(3)28-22(20(27)4)14-15-30(6,37-28)29(33)34/h12-13,32H,7-11,14-17H2,1-6H3,(H,33,34)/t30-/m0/s1. The van der Waals surface area contributed by atoms with Gasteiger partial charge in [-0.15, -0.1) is 0 Å². The number of carbonyl (C=O) groups is 2. The third-order valence-corrected chi connectivity index (χ3v) is 7.35. The molecule has 2 aromatic carbocycles. The number of carbonyl (C=O) groups excluding carboxylic acids is 1. The van der Waals surface area contributed by atoms with Crippen LogP contribution in [0.2, 0.25) is 0 Å². The van der Waals surface area contributed by atoms with Crippen LogP contribution in [0.3, 0.4) is 0 Å². The van der Waals surface area contributed by atoms with Crippen molar-refractivity contribution in [2.24, 2.45) is 0 Å². The molecule has 1 heterocycles. The molecule has 0 spiro atoms. The number of ether oxygens (including phenoxy) is 3. The van der Waals surface area contributed by atoms with Gasteiger partial charge in [-0.05, 0) is 95.5 Å². The minimum Gasteiger partial charge on any atom is -0.507 e. The number of Topliss-reactive ketones (excluding diaryl/α,β-unsaturated/α-hetero) is 1. The molecule has 7 heteroatoms. The molecular weight excluding hydrogens is 472 g/mol. The minimum absolute atomic E-state index is 0.0318. The third-order valence-electron chi connectivity index (χ3n) is 7.35. The van der Waals surface area contributed by atoms with E-state index in [1.54, 1.807) is 19.1 Å². The number of carboxylic acids is 1. The van der Waals surface area contributed by atoms with E-state index in [0.29, 0.717) is 55.1 Å². The molecule has 2 aromatic rings. The first-order valence-electron chi connectivity index (χ1n) is 13.2. The summed E-state index contributed by atoms with van der Waals surface area (Å²) in [6.45, 7) is 12.2. The lowest BCUT2D eigenvalue weighted by atomic mass is 9.87. The number of aromatic hydroxyl groups is 1. The number of benzene rings is 2. The first-order valence-corrected chi connectivity index (χ1v) is 13.2. The Hall–Kier alpha value is -3.22. The quantitative estimate of drug-likeness (QED) is 0.255. The van der Waals surface area contributed by atoms with Crippen molar-refractivity contribution >= 4 is 11.8 Å². The molecule has 0 amide bonds. The van der Waals surface area contributed by atoms with E-state index >= 15 is 0 Å². The highest BCUT2D eigenvalue weighted by molar-refractivity contribution is 5.97. The number of phenolic OH excluding ortho intramolecular Hbond substituents is 1. The smallest absolute Gasteiger partial charge is 0.347 e. The zero-order valence-electron chi connectivity index (χ0n) is 23.0. The van der Waals surface area contributed by atoms with Crippen molar-refractivity contribution in [1.82, 2.24) is 0 Å². The molecule has 0 bridgehead atoms. The maximum absolute atomic E-state index is 11.7. The van der Waals surface area contributed by atoms with E-state index in [-0.39, 0.29) is 11.5 Å². The van der Waals surface area contributed by atoms with Crippen molar-refractivity contribution in [3.05, 3.63) is 45.5 Å². The summed E-state index contributed by atoms with van der Waals surface area (Å²) in [5.74, 6) is 1.11. The van der Waals surface area contributed by atoms with Gasteiger partial charge in [-0.1, -0.05) is 13.3 Å². The first kappa shape index (κ1) is 28.4. The first-order chi connectivity index (χ1) is 17.5. The van der Waals surface area contributed by atoms with Crippen LogP contribution in [-0.4, -0.2) is 40.8 Å². The fraction of sp³-hybridized carbons (Fsp3) is 0.533. The average molecular weight is 513 g/mol. The Kier molecular flexibility index (Phi) is 9.11. The Morgan fingerprint density at radius 2 is 1.70 bits per heavy atom. The molecular formula is C30H40O7. The third kappa shape index (κ3) is 6.03. The van der Waals surface area contributed by atoms with Gasteiger partial charge >= 0.3 is 5.97 Å². The van der Waals surface area contributed by atoms with Crippen LogP contribution in [0.15, 0.2) is 12.1 Å². The van der Waals surface area contributed by atoms with Crippen LogP contribution in [-0.2, 0) is 17.6 Å². The van der Waals surface area contributed by atoms with E-state index in [1.165, 1.54) is 6.92 Å². The second kappa shape index (κ2) is 11.9. The van der Waals surface area contributed by atoms with Crippen LogP contribution in [0, 0.1) is 20.8 Å². The molecule has 0 radical (unpaired) electrons. The molecule has 1 aliphatic heterocycles. The minimum atomic E-state index is -1.20. The zero-order chi connectivity index (χ0) is 27.3. The van der Waals surface area contributed by atoms with E-state index < -0.39 is 11.6 Å². The van der Waals surface area contributed by atoms with Crippen molar-refractivity contribution < 1.29 is 34.0 Å². The molecule has 1 atom stereocenters. The van der Waals surface area contributed by atoms with E-state index in [0.717, 1.165) is 53.7 Å². The number of carboxylic acid groups (broad SMARTS) is 1. The monoisotopic (exact) mass is 512 g/mol. The topological polar surface area (TPSA) is 102 Å². The molecule has 1 aliphatic rings. The molecule has 37 heavy (non-hydrogen) atoms. The fourth-order valence-electron chi connectivity index (χ4n) is 4.87. The summed E-state index contributed by atoms with van der Waals surface area (Å²) in [4.78, 5) is 23.4. The van der Waals surface area contributed by atoms with E-state index in [2.05, 4.69) is 0 Å². The summed E-state index contributed by atoms with van der Waals surface area (Å²) < 4.78 is 18.1. The molecule has 0 saturated carbocycles. The number of hydrogen-bond acceptors (Lipinski definition) is 6. The Bertz CT molecular complexity index is 1170. The van der Waals surface area contributed by atoms with E-state index in [9.17, 15) is 19.8 Å². The molecule has 0 aliphatic carbocycles. The summed E-state index contributed by atoms with van der Waals surface area (Å²) >= 11 is 0. The Balaban J connectivity index is 1.54. The van der Waals surface area contributed by atoms with Crippen molar-refractivity contribution in [1.29, 1.82) is 0 Å². The lowest BCUT2D eigenvalue weighted by molar-refractivity contribution is -0.155. The Morgan fingerprint density at radius 3 is 2.32 bits per heavy atom. The van der Waals surface area contributed by atoms with Gasteiger partial charge in [0.05, 0.1) is 18.8 Å². The molecule has 0 fully saturated rings. The van der Waals surface area contributed by atoms with Gasteiger partial charge in [0.1, 0.15) is 23.0 Å². The van der Waals surface area contributed by atoms with Crippen molar-refractivity contribution in [2.75, 3.05) is 13.2 Å². The summed E-state index contributed by atoms with van der Waals surface area (Å²) in [5.41, 5.74) is 3.79. The number of fused-ring (bicyclic) bond motifs is 1. The molecule has 0 unspecified atom stereocenters. The second-order valence-electron chi connectivity index (χ2n) is 10.2. The largest absolute Gasteiger partial charge is 0.507 e. The zero-order valence-corrected chi connectivity index (χ0v) is 23.0. The molecule has 7 nitrogen and oxygen atoms in total. The van der Waals surface area contributed by atoms with Gasteiger partial charge < -0.3 is 24.4 Å². The predicted octanol–water partition coefficient (Wildman–Crippen LogP) is 6.27. The van der Waals surface area contributed by atoms with Crippen LogP contribution in [0.4, 0.5) is 0 Å². The van der Waals surface area contributed by atoms with Crippen LogP contribution in [0.1, 0.15) is 91.1 Å². The second-order valence-corrected chi connectivity index (χ2v) is 10.2. The number of hydrogen-bond donors (Lipinski definition) is 2. The van der Waals surface area contributed by atoms with Gasteiger partial charge in [0.2, 0.25) is 5.60 Å².